The number of hydrogen-bond donors (Lipinski definition) is 0. The molecule has 0 spiro atoms. The van der Waals surface area contributed by atoms with Crippen molar-refractivity contribution in [3.63, 3.8) is 0 Å². The maximum absolute atomic E-state index is 12.7. The molecule has 1 amide bonds. The lowest BCUT2D eigenvalue weighted by Crippen LogP contribution is -2.31. The minimum atomic E-state index is -0.0341. The Balaban J connectivity index is 1.36. The van der Waals surface area contributed by atoms with E-state index in [0.717, 1.165) is 27.6 Å². The van der Waals surface area contributed by atoms with Crippen LogP contribution in [0.25, 0.3) is 5.69 Å². The smallest absolute Gasteiger partial charge is 0.233 e. The quantitative estimate of drug-likeness (QED) is 0.581. The molecule has 7 nitrogen and oxygen atoms in total. The average molecular weight is 410 g/mol. The number of benzene rings is 2. The molecule has 0 saturated carbocycles. The third kappa shape index (κ3) is 4.37. The Morgan fingerprint density at radius 1 is 1.17 bits per heavy atom. The molecule has 29 heavy (non-hydrogen) atoms. The monoisotopic (exact) mass is 410 g/mol. The van der Waals surface area contributed by atoms with Crippen molar-refractivity contribution in [1.29, 1.82) is 0 Å². The third-order valence-electron chi connectivity index (χ3n) is 4.91. The van der Waals surface area contributed by atoms with Crippen molar-refractivity contribution in [2.24, 2.45) is 0 Å². The zero-order chi connectivity index (χ0) is 20.2. The number of rotatable bonds is 6. The van der Waals surface area contributed by atoms with Gasteiger partial charge in [-0.3, -0.25) is 4.79 Å². The van der Waals surface area contributed by atoms with Crippen LogP contribution >= 0.6 is 11.8 Å². The van der Waals surface area contributed by atoms with Crippen LogP contribution in [-0.2, 0) is 4.79 Å². The highest BCUT2D eigenvalue weighted by Gasteiger charge is 2.18. The molecule has 2 aromatic carbocycles. The molecule has 0 N–H and O–H groups in total. The molecule has 1 atom stereocenters. The largest absolute Gasteiger partial charge is 0.486 e. The van der Waals surface area contributed by atoms with E-state index in [4.69, 9.17) is 9.47 Å². The van der Waals surface area contributed by atoms with E-state index >= 15 is 0 Å². The van der Waals surface area contributed by atoms with Crippen LogP contribution < -0.4 is 9.47 Å². The molecule has 1 aromatic heterocycles. The summed E-state index contributed by atoms with van der Waals surface area (Å²) in [5, 5.41) is 4.13. The van der Waals surface area contributed by atoms with E-state index in [1.54, 1.807) is 15.9 Å². The number of thioether (sulfide) groups is 1. The molecule has 150 valence electrons. The molecule has 8 heteroatoms. The Labute approximate surface area is 173 Å². The zero-order valence-corrected chi connectivity index (χ0v) is 17.1. The first-order chi connectivity index (χ1) is 14.1. The third-order valence-corrected chi connectivity index (χ3v) is 5.89. The topological polar surface area (TPSA) is 69.5 Å². The molecule has 0 saturated heterocycles. The Morgan fingerprint density at radius 3 is 2.66 bits per heavy atom. The van der Waals surface area contributed by atoms with Crippen LogP contribution in [0.1, 0.15) is 18.5 Å². The number of ether oxygens (including phenoxy) is 2. The summed E-state index contributed by atoms with van der Waals surface area (Å²) in [7, 11) is 1.84. The molecular weight excluding hydrogens is 388 g/mol. The van der Waals surface area contributed by atoms with Gasteiger partial charge in [0.05, 0.1) is 17.5 Å². The summed E-state index contributed by atoms with van der Waals surface area (Å²) < 4.78 is 12.8. The molecule has 0 radical (unpaired) electrons. The lowest BCUT2D eigenvalue weighted by molar-refractivity contribution is -0.128. The van der Waals surface area contributed by atoms with Gasteiger partial charge in [0.25, 0.3) is 0 Å². The van der Waals surface area contributed by atoms with Crippen LogP contribution in [0.15, 0.2) is 60.0 Å². The molecule has 2 heterocycles. The summed E-state index contributed by atoms with van der Waals surface area (Å²) >= 11 is 1.50. The number of carbonyl (C=O) groups excluding carboxylic acids is 1. The standard InChI is InChI=1S/C21H22N4O3S/c1-15(16-3-5-17(6-4-16)25-14-22-13-23-25)24(2)21(26)12-29-18-7-8-19-20(11-18)28-10-9-27-19/h3-8,11,13-15H,9-10,12H2,1-2H3/t15-/m1/s1. The van der Waals surface area contributed by atoms with Gasteiger partial charge in [-0.2, -0.15) is 5.10 Å². The van der Waals surface area contributed by atoms with E-state index in [0.29, 0.717) is 19.0 Å². The molecule has 1 aliphatic heterocycles. The second-order valence-corrected chi connectivity index (χ2v) is 7.76. The number of fused-ring (bicyclic) bond motifs is 1. The van der Waals surface area contributed by atoms with Crippen LogP contribution in [0.3, 0.4) is 0 Å². The lowest BCUT2D eigenvalue weighted by Gasteiger charge is -2.25. The van der Waals surface area contributed by atoms with E-state index in [9.17, 15) is 4.79 Å². The summed E-state index contributed by atoms with van der Waals surface area (Å²) in [5.41, 5.74) is 2.00. The Kier molecular flexibility index (Phi) is 5.71. The predicted molar refractivity (Wildman–Crippen MR) is 111 cm³/mol. The highest BCUT2D eigenvalue weighted by Crippen LogP contribution is 2.34. The number of hydrogen-bond acceptors (Lipinski definition) is 6. The van der Waals surface area contributed by atoms with Gasteiger partial charge in [-0.05, 0) is 42.8 Å². The highest BCUT2D eigenvalue weighted by atomic mass is 32.2. The molecule has 1 aliphatic rings. The average Bonchev–Trinajstić information content (AvgIpc) is 3.31. The molecule has 3 aromatic rings. The second-order valence-electron chi connectivity index (χ2n) is 6.71. The van der Waals surface area contributed by atoms with E-state index < -0.39 is 0 Å². The molecule has 4 rings (SSSR count). The SMILES string of the molecule is C[C@H](c1ccc(-n2cncn2)cc1)N(C)C(=O)CSc1ccc2c(c1)OCCO2. The molecule has 0 bridgehead atoms. The van der Waals surface area contributed by atoms with E-state index in [2.05, 4.69) is 10.1 Å². The van der Waals surface area contributed by atoms with E-state index in [1.165, 1.54) is 18.1 Å². The Bertz CT molecular complexity index is 976. The number of carbonyl (C=O) groups is 1. The molecule has 0 aliphatic carbocycles. The first-order valence-corrected chi connectivity index (χ1v) is 10.3. The van der Waals surface area contributed by atoms with E-state index in [-0.39, 0.29) is 11.9 Å². The lowest BCUT2D eigenvalue weighted by atomic mass is 10.1. The minimum absolute atomic E-state index is 0.0341. The van der Waals surface area contributed by atoms with Crippen molar-refractivity contribution in [3.05, 3.63) is 60.7 Å². The van der Waals surface area contributed by atoms with Gasteiger partial charge in [0, 0.05) is 11.9 Å². The van der Waals surface area contributed by atoms with Crippen LogP contribution in [0.5, 0.6) is 11.5 Å². The van der Waals surface area contributed by atoms with Crippen LogP contribution in [0.2, 0.25) is 0 Å². The Morgan fingerprint density at radius 2 is 1.93 bits per heavy atom. The number of nitrogens with zero attached hydrogens (tertiary/aromatic N) is 4. The summed E-state index contributed by atoms with van der Waals surface area (Å²) in [4.78, 5) is 19.4. The first-order valence-electron chi connectivity index (χ1n) is 9.35. The Hall–Kier alpha value is -3.00. The summed E-state index contributed by atoms with van der Waals surface area (Å²) in [6.07, 6.45) is 3.16. The maximum Gasteiger partial charge on any atom is 0.233 e. The van der Waals surface area contributed by atoms with Gasteiger partial charge >= 0.3 is 0 Å². The fourth-order valence-corrected chi connectivity index (χ4v) is 3.90. The number of amides is 1. The van der Waals surface area contributed by atoms with Crippen LogP contribution in [0.4, 0.5) is 0 Å². The van der Waals surface area contributed by atoms with Gasteiger partial charge < -0.3 is 14.4 Å². The van der Waals surface area contributed by atoms with Gasteiger partial charge in [0.2, 0.25) is 5.91 Å². The van der Waals surface area contributed by atoms with Crippen molar-refractivity contribution in [3.8, 4) is 17.2 Å². The van der Waals surface area contributed by atoms with Gasteiger partial charge in [-0.1, -0.05) is 12.1 Å². The van der Waals surface area contributed by atoms with Gasteiger partial charge in [-0.15, -0.1) is 11.8 Å². The van der Waals surface area contributed by atoms with Crippen LogP contribution in [0, 0.1) is 0 Å². The van der Waals surface area contributed by atoms with Crippen molar-refractivity contribution in [2.75, 3.05) is 26.0 Å². The van der Waals surface area contributed by atoms with Gasteiger partial charge in [0.15, 0.2) is 11.5 Å². The van der Waals surface area contributed by atoms with Crippen molar-refractivity contribution in [2.45, 2.75) is 17.9 Å². The molecule has 0 fully saturated rings. The summed E-state index contributed by atoms with van der Waals surface area (Å²) in [5.74, 6) is 1.92. The summed E-state index contributed by atoms with van der Waals surface area (Å²) in [6, 6.07) is 13.7. The fraction of sp³-hybridized carbons (Fsp3) is 0.286. The van der Waals surface area contributed by atoms with Crippen molar-refractivity contribution < 1.29 is 14.3 Å². The molecule has 0 unspecified atom stereocenters. The highest BCUT2D eigenvalue weighted by molar-refractivity contribution is 8.00. The van der Waals surface area contributed by atoms with Crippen molar-refractivity contribution in [1.82, 2.24) is 19.7 Å². The first kappa shape index (κ1) is 19.3. The van der Waals surface area contributed by atoms with Gasteiger partial charge in [0.1, 0.15) is 25.9 Å². The fourth-order valence-electron chi connectivity index (χ4n) is 3.05. The maximum atomic E-state index is 12.7. The normalized spacial score (nSPS) is 13.7. The predicted octanol–water partition coefficient (Wildman–Crippen LogP) is 3.35. The zero-order valence-electron chi connectivity index (χ0n) is 16.3. The van der Waals surface area contributed by atoms with Crippen molar-refractivity contribution >= 4 is 17.7 Å². The van der Waals surface area contributed by atoms with E-state index in [1.807, 2.05) is 56.4 Å². The minimum Gasteiger partial charge on any atom is -0.486 e. The number of aromatic nitrogens is 3. The molecular formula is C21H22N4O3S. The van der Waals surface area contributed by atoms with Crippen LogP contribution in [-0.4, -0.2) is 51.6 Å². The summed E-state index contributed by atoms with van der Waals surface area (Å²) in [6.45, 7) is 3.15. The second kappa shape index (κ2) is 8.57. The van der Waals surface area contributed by atoms with Gasteiger partial charge in [-0.25, -0.2) is 9.67 Å².